The number of carbonyl (C=O) groups excluding carboxylic acids is 1. The van der Waals surface area contributed by atoms with Crippen LogP contribution < -0.4 is 9.64 Å². The lowest BCUT2D eigenvalue weighted by molar-refractivity contribution is -0.129. The second-order valence-electron chi connectivity index (χ2n) is 8.58. The normalized spacial score (nSPS) is 17.1. The van der Waals surface area contributed by atoms with Gasteiger partial charge >= 0.3 is 0 Å². The predicted molar refractivity (Wildman–Crippen MR) is 135 cm³/mol. The topological polar surface area (TPSA) is 98.5 Å². The molecule has 2 fully saturated rings. The molecule has 1 aromatic carbocycles. The average Bonchev–Trinajstić information content (AvgIpc) is 3.34. The number of alkyl halides is 3. The smallest absolute Gasteiger partial charge is 0.296 e. The first-order chi connectivity index (χ1) is 18.0. The monoisotopic (exact) mass is 553 g/mol. The number of aromatic nitrogens is 5. The van der Waals surface area contributed by atoms with Gasteiger partial charge in [0.2, 0.25) is 17.8 Å². The summed E-state index contributed by atoms with van der Waals surface area (Å²) in [5.74, 6) is 0.267. The van der Waals surface area contributed by atoms with Crippen molar-refractivity contribution in [3.05, 3.63) is 24.0 Å². The standard InChI is InChI=1S/C23H26ClF2N7O3S/c1-35-16-4-2-3-15-18(16)27-20(19(25)26)33(15)22-28-21(32-9-11-36-12-10-32)29-23(30-22)37-14-5-7-31(8-6-14)17(34)13-24/h2-4,14,19H,5-13H2,1H3. The van der Waals surface area contributed by atoms with Gasteiger partial charge in [-0.15, -0.1) is 11.6 Å². The van der Waals surface area contributed by atoms with Gasteiger partial charge in [-0.1, -0.05) is 17.8 Å². The Bertz CT molecular complexity index is 1270. The van der Waals surface area contributed by atoms with Gasteiger partial charge in [-0.05, 0) is 25.0 Å². The number of nitrogens with zero attached hydrogens (tertiary/aromatic N) is 7. The molecule has 0 saturated carbocycles. The molecule has 0 radical (unpaired) electrons. The van der Waals surface area contributed by atoms with E-state index in [1.54, 1.807) is 23.1 Å². The van der Waals surface area contributed by atoms with E-state index < -0.39 is 12.2 Å². The number of likely N-dealkylation sites (tertiary alicyclic amines) is 1. The highest BCUT2D eigenvalue weighted by Crippen LogP contribution is 2.34. The highest BCUT2D eigenvalue weighted by molar-refractivity contribution is 7.99. The zero-order valence-corrected chi connectivity index (χ0v) is 21.7. The molecule has 4 heterocycles. The zero-order valence-electron chi connectivity index (χ0n) is 20.1. The first-order valence-corrected chi connectivity index (χ1v) is 13.3. The number of morpholine rings is 1. The molecule has 10 nitrogen and oxygen atoms in total. The van der Waals surface area contributed by atoms with E-state index in [1.807, 2.05) is 4.90 Å². The summed E-state index contributed by atoms with van der Waals surface area (Å²) in [4.78, 5) is 33.7. The summed E-state index contributed by atoms with van der Waals surface area (Å²) in [6.07, 6.45) is -1.37. The Morgan fingerprint density at radius 1 is 1.14 bits per heavy atom. The minimum absolute atomic E-state index is 0.0341. The molecule has 0 N–H and O–H groups in total. The van der Waals surface area contributed by atoms with Gasteiger partial charge in [-0.25, -0.2) is 13.8 Å². The Hall–Kier alpha value is -2.77. The van der Waals surface area contributed by atoms with Crippen LogP contribution in [-0.2, 0) is 9.53 Å². The van der Waals surface area contributed by atoms with Crippen LogP contribution >= 0.6 is 23.4 Å². The second kappa shape index (κ2) is 11.3. The van der Waals surface area contributed by atoms with Crippen LogP contribution in [0.25, 0.3) is 17.0 Å². The van der Waals surface area contributed by atoms with E-state index in [2.05, 4.69) is 19.9 Å². The zero-order chi connectivity index (χ0) is 25.9. The number of methoxy groups -OCH3 is 1. The molecule has 14 heteroatoms. The first kappa shape index (κ1) is 25.9. The summed E-state index contributed by atoms with van der Waals surface area (Å²) in [6, 6.07) is 5.07. The van der Waals surface area contributed by atoms with E-state index in [4.69, 9.17) is 21.1 Å². The van der Waals surface area contributed by atoms with Crippen LogP contribution in [-0.4, -0.2) is 92.9 Å². The lowest BCUT2D eigenvalue weighted by Gasteiger charge is -2.31. The van der Waals surface area contributed by atoms with Gasteiger partial charge in [0.05, 0.1) is 25.8 Å². The average molecular weight is 554 g/mol. The second-order valence-corrected chi connectivity index (χ2v) is 10.1. The first-order valence-electron chi connectivity index (χ1n) is 11.9. The molecule has 0 bridgehead atoms. The third-order valence-electron chi connectivity index (χ3n) is 6.36. The predicted octanol–water partition coefficient (Wildman–Crippen LogP) is 3.32. The molecule has 37 heavy (non-hydrogen) atoms. The van der Waals surface area contributed by atoms with Crippen LogP contribution in [0.5, 0.6) is 5.75 Å². The molecule has 5 rings (SSSR count). The lowest BCUT2D eigenvalue weighted by atomic mass is 10.1. The summed E-state index contributed by atoms with van der Waals surface area (Å²) < 4.78 is 40.4. The highest BCUT2D eigenvalue weighted by Gasteiger charge is 2.28. The van der Waals surface area contributed by atoms with Gasteiger partial charge in [0, 0.05) is 31.4 Å². The maximum atomic E-state index is 14.2. The van der Waals surface area contributed by atoms with Gasteiger partial charge < -0.3 is 19.3 Å². The lowest BCUT2D eigenvalue weighted by Crippen LogP contribution is -2.40. The van der Waals surface area contributed by atoms with Crippen molar-refractivity contribution in [2.45, 2.75) is 29.7 Å². The quantitative estimate of drug-likeness (QED) is 0.408. The van der Waals surface area contributed by atoms with E-state index >= 15 is 0 Å². The van der Waals surface area contributed by atoms with Crippen LogP contribution in [0.15, 0.2) is 23.4 Å². The van der Waals surface area contributed by atoms with Gasteiger partial charge in [0.1, 0.15) is 17.1 Å². The van der Waals surface area contributed by atoms with E-state index in [0.29, 0.717) is 67.3 Å². The van der Waals surface area contributed by atoms with Crippen molar-refractivity contribution in [1.82, 2.24) is 29.4 Å². The van der Waals surface area contributed by atoms with E-state index in [1.165, 1.54) is 23.4 Å². The number of ether oxygens (including phenoxy) is 2. The fraction of sp³-hybridized carbons (Fsp3) is 0.522. The number of rotatable bonds is 7. The van der Waals surface area contributed by atoms with Crippen molar-refractivity contribution in [2.24, 2.45) is 0 Å². The number of fused-ring (bicyclic) bond motifs is 1. The van der Waals surface area contributed by atoms with Gasteiger partial charge in [-0.3, -0.25) is 9.36 Å². The Balaban J connectivity index is 1.54. The maximum Gasteiger partial charge on any atom is 0.296 e. The molecule has 2 saturated heterocycles. The summed E-state index contributed by atoms with van der Waals surface area (Å²) in [5.41, 5.74) is 0.719. The van der Waals surface area contributed by atoms with Gasteiger partial charge in [-0.2, -0.15) is 15.0 Å². The molecular formula is C23H26ClF2N7O3S. The van der Waals surface area contributed by atoms with Crippen molar-refractivity contribution in [3.63, 3.8) is 0 Å². The molecule has 0 unspecified atom stereocenters. The fourth-order valence-corrected chi connectivity index (χ4v) is 5.64. The Morgan fingerprint density at radius 3 is 2.54 bits per heavy atom. The molecule has 0 spiro atoms. The number of anilines is 1. The molecule has 2 aromatic heterocycles. The summed E-state index contributed by atoms with van der Waals surface area (Å²) in [5, 5.41) is 0.583. The van der Waals surface area contributed by atoms with Crippen molar-refractivity contribution in [1.29, 1.82) is 0 Å². The largest absolute Gasteiger partial charge is 0.494 e. The minimum Gasteiger partial charge on any atom is -0.494 e. The molecular weight excluding hydrogens is 528 g/mol. The Kier molecular flexibility index (Phi) is 7.91. The number of amides is 1. The number of piperidine rings is 1. The maximum absolute atomic E-state index is 14.2. The number of para-hydroxylation sites is 1. The number of hydrogen-bond donors (Lipinski definition) is 0. The molecule has 2 aliphatic rings. The van der Waals surface area contributed by atoms with Crippen molar-refractivity contribution >= 4 is 46.3 Å². The van der Waals surface area contributed by atoms with E-state index in [0.717, 1.165) is 12.8 Å². The molecule has 2 aliphatic heterocycles. The molecule has 0 aliphatic carbocycles. The number of thioether (sulfide) groups is 1. The van der Waals surface area contributed by atoms with E-state index in [-0.39, 0.29) is 23.0 Å². The van der Waals surface area contributed by atoms with Crippen LogP contribution in [0.4, 0.5) is 14.7 Å². The third kappa shape index (κ3) is 5.43. The van der Waals surface area contributed by atoms with Crippen LogP contribution in [0.3, 0.4) is 0 Å². The Labute approximate surface area is 221 Å². The fourth-order valence-electron chi connectivity index (χ4n) is 4.46. The minimum atomic E-state index is -2.86. The van der Waals surface area contributed by atoms with Crippen molar-refractivity contribution < 1.29 is 23.0 Å². The highest BCUT2D eigenvalue weighted by atomic mass is 35.5. The SMILES string of the molecule is COc1cccc2c1nc(C(F)F)n2-c1nc(SC2CCN(C(=O)CCl)CC2)nc(N2CCOCC2)n1. The molecule has 1 amide bonds. The number of halogens is 3. The summed E-state index contributed by atoms with van der Waals surface area (Å²) in [6.45, 7) is 3.38. The third-order valence-corrected chi connectivity index (χ3v) is 7.78. The summed E-state index contributed by atoms with van der Waals surface area (Å²) in [7, 11) is 1.47. The number of hydrogen-bond acceptors (Lipinski definition) is 9. The number of imidazole rings is 1. The molecule has 198 valence electrons. The van der Waals surface area contributed by atoms with E-state index in [9.17, 15) is 13.6 Å². The van der Waals surface area contributed by atoms with Crippen LogP contribution in [0.2, 0.25) is 0 Å². The van der Waals surface area contributed by atoms with Crippen molar-refractivity contribution in [3.8, 4) is 11.7 Å². The van der Waals surface area contributed by atoms with Crippen LogP contribution in [0.1, 0.15) is 25.1 Å². The van der Waals surface area contributed by atoms with Crippen molar-refractivity contribution in [2.75, 3.05) is 57.3 Å². The number of carbonyl (C=O) groups is 1. The van der Waals surface area contributed by atoms with Gasteiger partial charge in [0.25, 0.3) is 6.43 Å². The summed E-state index contributed by atoms with van der Waals surface area (Å²) >= 11 is 7.16. The van der Waals surface area contributed by atoms with Crippen LogP contribution in [0, 0.1) is 0 Å². The molecule has 3 aromatic rings. The molecule has 0 atom stereocenters. The Morgan fingerprint density at radius 2 is 1.86 bits per heavy atom. The number of benzene rings is 1. The van der Waals surface area contributed by atoms with Gasteiger partial charge in [0.15, 0.2) is 11.0 Å².